The number of carbonyl (C=O) groups excluding carboxylic acids is 3. The lowest BCUT2D eigenvalue weighted by Crippen LogP contribution is -2.41. The molecule has 0 aromatic heterocycles. The van der Waals surface area contributed by atoms with E-state index in [1.807, 2.05) is 0 Å². The fraction of sp³-hybridized carbons (Fsp3) is 0.500. The van der Waals surface area contributed by atoms with E-state index in [2.05, 4.69) is 0 Å². The largest absolute Gasteiger partial charge is 0.545 e. The molecule has 0 aliphatic rings. The Kier molecular flexibility index (Phi) is 8.44. The number of hydrogen-bond donors (Lipinski definition) is 1. The van der Waals surface area contributed by atoms with Crippen molar-refractivity contribution in [1.29, 1.82) is 0 Å². The third-order valence-corrected chi connectivity index (χ3v) is 2.92. The molecule has 0 radical (unpaired) electrons. The summed E-state index contributed by atoms with van der Waals surface area (Å²) in [5.41, 5.74) is -0.786. The second-order valence-corrected chi connectivity index (χ2v) is 6.02. The Labute approximate surface area is 139 Å². The van der Waals surface area contributed by atoms with Crippen LogP contribution in [0.4, 0.5) is 0 Å². The molecule has 0 aromatic rings. The van der Waals surface area contributed by atoms with Gasteiger partial charge in [-0.1, -0.05) is 27.7 Å². The van der Waals surface area contributed by atoms with Crippen molar-refractivity contribution < 1.29 is 38.9 Å². The highest BCUT2D eigenvalue weighted by molar-refractivity contribution is 5.91. The van der Waals surface area contributed by atoms with Gasteiger partial charge in [-0.25, -0.2) is 14.4 Å². The third-order valence-electron chi connectivity index (χ3n) is 2.92. The minimum absolute atomic E-state index is 0.129. The molecule has 0 heterocycles. The molecule has 0 spiro atoms. The Morgan fingerprint density at radius 3 is 2.04 bits per heavy atom. The van der Waals surface area contributed by atoms with Gasteiger partial charge >= 0.3 is 17.9 Å². The molecule has 0 saturated heterocycles. The predicted octanol–water partition coefficient (Wildman–Crippen LogP) is 0.0705. The van der Waals surface area contributed by atoms with E-state index in [1.54, 1.807) is 27.7 Å². The molecule has 0 rings (SSSR count). The molecule has 0 bridgehead atoms. The van der Waals surface area contributed by atoms with Gasteiger partial charge in [0.2, 0.25) is 0 Å². The number of ether oxygens (including phenoxy) is 2. The van der Waals surface area contributed by atoms with Gasteiger partial charge in [0, 0.05) is 23.6 Å². The Bertz CT molecular complexity index is 542. The second kappa shape index (κ2) is 9.49. The molecule has 0 aromatic carbocycles. The zero-order valence-corrected chi connectivity index (χ0v) is 14.0. The Balaban J connectivity index is 4.89. The molecule has 0 aliphatic carbocycles. The van der Waals surface area contributed by atoms with Crippen LogP contribution in [0.1, 0.15) is 27.7 Å². The van der Waals surface area contributed by atoms with Gasteiger partial charge in [-0.15, -0.1) is 0 Å². The first-order valence-electron chi connectivity index (χ1n) is 7.13. The van der Waals surface area contributed by atoms with Gasteiger partial charge in [-0.2, -0.15) is 0 Å². The van der Waals surface area contributed by atoms with Crippen LogP contribution in [0, 0.1) is 11.3 Å². The summed E-state index contributed by atoms with van der Waals surface area (Å²) in [5.74, 6) is -4.64. The Morgan fingerprint density at radius 2 is 1.58 bits per heavy atom. The van der Waals surface area contributed by atoms with Crippen molar-refractivity contribution in [2.75, 3.05) is 6.61 Å². The van der Waals surface area contributed by atoms with Crippen LogP contribution in [-0.4, -0.2) is 41.7 Å². The molecule has 8 heteroatoms. The summed E-state index contributed by atoms with van der Waals surface area (Å²) in [5, 5.41) is 18.7. The van der Waals surface area contributed by atoms with Crippen molar-refractivity contribution in [2.24, 2.45) is 11.3 Å². The normalized spacial score (nSPS) is 13.2. The number of hydrogen-bond acceptors (Lipinski definition) is 7. The van der Waals surface area contributed by atoms with E-state index in [9.17, 15) is 24.3 Å². The van der Waals surface area contributed by atoms with E-state index < -0.39 is 35.4 Å². The Morgan fingerprint density at radius 1 is 1.04 bits per heavy atom. The third kappa shape index (κ3) is 8.72. The van der Waals surface area contributed by atoms with E-state index in [4.69, 9.17) is 14.6 Å². The lowest BCUT2D eigenvalue weighted by Gasteiger charge is -2.35. The lowest BCUT2D eigenvalue weighted by molar-refractivity contribution is -0.297. The van der Waals surface area contributed by atoms with Crippen molar-refractivity contribution in [1.82, 2.24) is 0 Å². The topological polar surface area (TPSA) is 130 Å². The summed E-state index contributed by atoms with van der Waals surface area (Å²) < 4.78 is 10.2. The maximum atomic E-state index is 11.6. The van der Waals surface area contributed by atoms with E-state index in [1.165, 1.54) is 0 Å². The summed E-state index contributed by atoms with van der Waals surface area (Å²) in [4.78, 5) is 43.7. The van der Waals surface area contributed by atoms with Gasteiger partial charge in [-0.3, -0.25) is 0 Å². The molecule has 1 N–H and O–H groups in total. The van der Waals surface area contributed by atoms with Crippen molar-refractivity contribution in [3.05, 3.63) is 24.3 Å². The van der Waals surface area contributed by atoms with Gasteiger partial charge in [0.25, 0.3) is 0 Å². The number of aliphatic carboxylic acids is 2. The SMILES string of the molecule is CC(C)C(OC(=O)/C=C\C(=O)[O-])C(C)(C)COC(=O)/C=C\C(=O)O. The molecule has 1 unspecified atom stereocenters. The van der Waals surface area contributed by atoms with Gasteiger partial charge in [0.1, 0.15) is 12.7 Å². The van der Waals surface area contributed by atoms with E-state index in [-0.39, 0.29) is 12.5 Å². The number of carboxylic acid groups (broad SMARTS) is 2. The molecule has 0 saturated carbocycles. The first-order valence-corrected chi connectivity index (χ1v) is 7.13. The summed E-state index contributed by atoms with van der Waals surface area (Å²) >= 11 is 0. The van der Waals surface area contributed by atoms with Crippen molar-refractivity contribution in [3.63, 3.8) is 0 Å². The summed E-state index contributed by atoms with van der Waals surface area (Å²) in [6, 6.07) is 0. The fourth-order valence-electron chi connectivity index (χ4n) is 2.03. The van der Waals surface area contributed by atoms with Crippen LogP contribution < -0.4 is 5.11 Å². The van der Waals surface area contributed by atoms with Gasteiger partial charge in [0.15, 0.2) is 0 Å². The molecule has 0 aliphatic heterocycles. The maximum absolute atomic E-state index is 11.6. The quantitative estimate of drug-likeness (QED) is 0.460. The zero-order valence-electron chi connectivity index (χ0n) is 14.0. The van der Waals surface area contributed by atoms with Gasteiger partial charge in [-0.05, 0) is 12.0 Å². The fourth-order valence-corrected chi connectivity index (χ4v) is 2.03. The minimum Gasteiger partial charge on any atom is -0.545 e. The molecule has 24 heavy (non-hydrogen) atoms. The van der Waals surface area contributed by atoms with Crippen LogP contribution in [0.5, 0.6) is 0 Å². The van der Waals surface area contributed by atoms with Crippen LogP contribution in [0.3, 0.4) is 0 Å². The van der Waals surface area contributed by atoms with Crippen LogP contribution in [0.25, 0.3) is 0 Å². The molecule has 1 atom stereocenters. The lowest BCUT2D eigenvalue weighted by atomic mass is 9.81. The monoisotopic (exact) mass is 341 g/mol. The van der Waals surface area contributed by atoms with Crippen molar-refractivity contribution in [3.8, 4) is 0 Å². The predicted molar refractivity (Wildman–Crippen MR) is 80.4 cm³/mol. The standard InChI is InChI=1S/C16H22O8/c1-10(2)15(24-14(22)8-6-12(19)20)16(3,4)9-23-13(21)7-5-11(17)18/h5-8,10,15H,9H2,1-4H3,(H,17,18)(H,19,20)/p-1/b7-5-,8-6-. The first-order chi connectivity index (χ1) is 11.0. The summed E-state index contributed by atoms with van der Waals surface area (Å²) in [6.45, 7) is 6.84. The van der Waals surface area contributed by atoms with Crippen molar-refractivity contribution in [2.45, 2.75) is 33.8 Å². The highest BCUT2D eigenvalue weighted by atomic mass is 16.6. The van der Waals surface area contributed by atoms with Crippen LogP contribution in [0.2, 0.25) is 0 Å². The van der Waals surface area contributed by atoms with Crippen LogP contribution >= 0.6 is 0 Å². The summed E-state index contributed by atoms with van der Waals surface area (Å²) in [7, 11) is 0. The molecule has 134 valence electrons. The maximum Gasteiger partial charge on any atom is 0.331 e. The molecule has 8 nitrogen and oxygen atoms in total. The number of esters is 2. The van der Waals surface area contributed by atoms with Crippen molar-refractivity contribution >= 4 is 23.9 Å². The second-order valence-electron chi connectivity index (χ2n) is 6.02. The van der Waals surface area contributed by atoms with Crippen LogP contribution in [-0.2, 0) is 28.7 Å². The van der Waals surface area contributed by atoms with E-state index >= 15 is 0 Å². The van der Waals surface area contributed by atoms with Crippen LogP contribution in [0.15, 0.2) is 24.3 Å². The number of carbonyl (C=O) groups is 4. The first kappa shape index (κ1) is 21.4. The Hall–Kier alpha value is -2.64. The van der Waals surface area contributed by atoms with E-state index in [0.717, 1.165) is 12.2 Å². The number of carboxylic acids is 2. The highest BCUT2D eigenvalue weighted by Crippen LogP contribution is 2.29. The molecular formula is C16H21O8-. The number of rotatable bonds is 9. The smallest absolute Gasteiger partial charge is 0.331 e. The average Bonchev–Trinajstić information content (AvgIpc) is 2.45. The molecular weight excluding hydrogens is 320 g/mol. The van der Waals surface area contributed by atoms with E-state index in [0.29, 0.717) is 12.2 Å². The zero-order chi connectivity index (χ0) is 18.9. The molecule has 0 fully saturated rings. The highest BCUT2D eigenvalue weighted by Gasteiger charge is 2.36. The minimum atomic E-state index is -1.52. The summed E-state index contributed by atoms with van der Waals surface area (Å²) in [6.07, 6.45) is 2.05. The van der Waals surface area contributed by atoms with Gasteiger partial charge < -0.3 is 24.5 Å². The van der Waals surface area contributed by atoms with Gasteiger partial charge in [0.05, 0.1) is 5.97 Å². The average molecular weight is 341 g/mol. The molecule has 0 amide bonds.